The molecule has 3 rings (SSSR count). The molecule has 1 aromatic heterocycles. The van der Waals surface area contributed by atoms with Crippen molar-refractivity contribution in [2.45, 2.75) is 60.0 Å². The van der Waals surface area contributed by atoms with Crippen LogP contribution < -0.4 is 4.74 Å². The summed E-state index contributed by atoms with van der Waals surface area (Å²) in [6, 6.07) is 9.78. The number of esters is 1. The van der Waals surface area contributed by atoms with Gasteiger partial charge in [0.15, 0.2) is 0 Å². The standard InChI is InChI=1S/C24H35N3O3/c1-5-27-20(4)22(19(3)25-27)17-26-15-10-13-24(18-26,23(28)29-6-2)14-16-30-21-11-8-7-9-12-21/h7-9,11-12H,5-6,10,13-18H2,1-4H3/t24-/m1/s1. The molecule has 164 valence electrons. The number of likely N-dealkylation sites (tertiary alicyclic amines) is 1. The highest BCUT2D eigenvalue weighted by molar-refractivity contribution is 5.77. The Morgan fingerprint density at radius 2 is 1.97 bits per heavy atom. The third-order valence-electron chi connectivity index (χ3n) is 6.17. The Balaban J connectivity index is 1.72. The van der Waals surface area contributed by atoms with E-state index in [9.17, 15) is 4.79 Å². The first-order valence-electron chi connectivity index (χ1n) is 11.1. The SMILES string of the molecule is CCOC(=O)[C@@]1(CCOc2ccccc2)CCCN(Cc2c(C)nn(CC)c2C)C1. The molecule has 30 heavy (non-hydrogen) atoms. The van der Waals surface area contributed by atoms with Crippen LogP contribution in [-0.2, 0) is 22.6 Å². The number of hydrogen-bond acceptors (Lipinski definition) is 5. The van der Waals surface area contributed by atoms with Gasteiger partial charge in [0, 0.05) is 30.9 Å². The van der Waals surface area contributed by atoms with Gasteiger partial charge in [0.25, 0.3) is 0 Å². The molecule has 0 unspecified atom stereocenters. The van der Waals surface area contributed by atoms with Crippen molar-refractivity contribution in [3.8, 4) is 5.75 Å². The molecule has 1 atom stereocenters. The van der Waals surface area contributed by atoms with Crippen LogP contribution in [0.25, 0.3) is 0 Å². The second-order valence-corrected chi connectivity index (χ2v) is 8.19. The fraction of sp³-hybridized carbons (Fsp3) is 0.583. The second kappa shape index (κ2) is 10.1. The summed E-state index contributed by atoms with van der Waals surface area (Å²) in [6.45, 7) is 12.5. The fourth-order valence-corrected chi connectivity index (χ4v) is 4.49. The molecule has 0 N–H and O–H groups in total. The number of nitrogens with zero attached hydrogens (tertiary/aromatic N) is 3. The molecule has 0 saturated carbocycles. The van der Waals surface area contributed by atoms with Crippen molar-refractivity contribution in [1.29, 1.82) is 0 Å². The molecule has 1 fully saturated rings. The highest BCUT2D eigenvalue weighted by Gasteiger charge is 2.43. The lowest BCUT2D eigenvalue weighted by Gasteiger charge is -2.41. The largest absolute Gasteiger partial charge is 0.494 e. The van der Waals surface area contributed by atoms with Crippen LogP contribution in [0.5, 0.6) is 5.75 Å². The lowest BCUT2D eigenvalue weighted by Crippen LogP contribution is -2.49. The van der Waals surface area contributed by atoms with E-state index in [1.165, 1.54) is 11.3 Å². The number of piperidine rings is 1. The third-order valence-corrected chi connectivity index (χ3v) is 6.17. The molecule has 2 aromatic rings. The van der Waals surface area contributed by atoms with E-state index >= 15 is 0 Å². The van der Waals surface area contributed by atoms with Crippen LogP contribution in [0.4, 0.5) is 0 Å². The highest BCUT2D eigenvalue weighted by Crippen LogP contribution is 2.36. The number of carbonyl (C=O) groups is 1. The molecule has 1 aliphatic rings. The number of benzene rings is 1. The molecule has 0 spiro atoms. The molecule has 0 aliphatic carbocycles. The normalized spacial score (nSPS) is 19.6. The van der Waals surface area contributed by atoms with E-state index in [1.54, 1.807) is 0 Å². The Morgan fingerprint density at radius 1 is 1.20 bits per heavy atom. The van der Waals surface area contributed by atoms with Crippen molar-refractivity contribution in [3.63, 3.8) is 0 Å². The number of aromatic nitrogens is 2. The van der Waals surface area contributed by atoms with Crippen molar-refractivity contribution in [2.24, 2.45) is 5.41 Å². The van der Waals surface area contributed by atoms with Crippen LogP contribution in [0.3, 0.4) is 0 Å². The van der Waals surface area contributed by atoms with Gasteiger partial charge in [0.05, 0.1) is 24.3 Å². The van der Waals surface area contributed by atoms with E-state index in [1.807, 2.05) is 37.3 Å². The maximum absolute atomic E-state index is 13.0. The van der Waals surface area contributed by atoms with Crippen LogP contribution >= 0.6 is 0 Å². The molecule has 1 saturated heterocycles. The van der Waals surface area contributed by atoms with Gasteiger partial charge in [-0.2, -0.15) is 5.10 Å². The lowest BCUT2D eigenvalue weighted by atomic mass is 9.77. The Kier molecular flexibility index (Phi) is 7.53. The van der Waals surface area contributed by atoms with Crippen LogP contribution in [0, 0.1) is 19.3 Å². The smallest absolute Gasteiger partial charge is 0.313 e. The first-order chi connectivity index (χ1) is 14.5. The average molecular weight is 414 g/mol. The van der Waals surface area contributed by atoms with Crippen LogP contribution in [0.1, 0.15) is 50.1 Å². The summed E-state index contributed by atoms with van der Waals surface area (Å²) in [4.78, 5) is 15.4. The molecular formula is C24H35N3O3. The maximum atomic E-state index is 13.0. The van der Waals surface area contributed by atoms with E-state index in [2.05, 4.69) is 35.5 Å². The first-order valence-corrected chi connectivity index (χ1v) is 11.1. The monoisotopic (exact) mass is 413 g/mol. The van der Waals surface area contributed by atoms with Gasteiger partial charge in [-0.3, -0.25) is 14.4 Å². The molecule has 0 amide bonds. The van der Waals surface area contributed by atoms with Crippen molar-refractivity contribution in [3.05, 3.63) is 47.3 Å². The van der Waals surface area contributed by atoms with E-state index in [-0.39, 0.29) is 5.97 Å². The molecule has 0 bridgehead atoms. The van der Waals surface area contributed by atoms with Crippen LogP contribution in [-0.4, -0.2) is 47.0 Å². The minimum atomic E-state index is -0.522. The summed E-state index contributed by atoms with van der Waals surface area (Å²) in [5.74, 6) is 0.742. The van der Waals surface area contributed by atoms with Crippen LogP contribution in [0.2, 0.25) is 0 Å². The van der Waals surface area contributed by atoms with Crippen molar-refractivity contribution in [1.82, 2.24) is 14.7 Å². The molecule has 1 aliphatic heterocycles. The number of aryl methyl sites for hydroxylation is 2. The fourth-order valence-electron chi connectivity index (χ4n) is 4.49. The number of ether oxygens (including phenoxy) is 2. The number of carbonyl (C=O) groups excluding carboxylic acids is 1. The molecule has 1 aromatic carbocycles. The average Bonchev–Trinajstić information content (AvgIpc) is 3.02. The third kappa shape index (κ3) is 5.04. The van der Waals surface area contributed by atoms with E-state index in [0.717, 1.165) is 43.9 Å². The van der Waals surface area contributed by atoms with Crippen molar-refractivity contribution >= 4 is 5.97 Å². The van der Waals surface area contributed by atoms with Gasteiger partial charge in [-0.05, 0) is 65.6 Å². The Labute approximate surface area is 180 Å². The van der Waals surface area contributed by atoms with Gasteiger partial charge in [-0.25, -0.2) is 0 Å². The zero-order chi connectivity index (χ0) is 21.6. The van der Waals surface area contributed by atoms with Gasteiger partial charge in [-0.1, -0.05) is 18.2 Å². The summed E-state index contributed by atoms with van der Waals surface area (Å²) in [5.41, 5.74) is 3.05. The Bertz CT molecular complexity index is 834. The van der Waals surface area contributed by atoms with E-state index < -0.39 is 5.41 Å². The van der Waals surface area contributed by atoms with Gasteiger partial charge in [-0.15, -0.1) is 0 Å². The maximum Gasteiger partial charge on any atom is 0.313 e. The zero-order valence-electron chi connectivity index (χ0n) is 18.8. The van der Waals surface area contributed by atoms with Gasteiger partial charge >= 0.3 is 5.97 Å². The summed E-state index contributed by atoms with van der Waals surface area (Å²) >= 11 is 0. The summed E-state index contributed by atoms with van der Waals surface area (Å²) < 4.78 is 13.5. The highest BCUT2D eigenvalue weighted by atomic mass is 16.5. The van der Waals surface area contributed by atoms with E-state index in [4.69, 9.17) is 9.47 Å². The van der Waals surface area contributed by atoms with Gasteiger partial charge in [0.2, 0.25) is 0 Å². The van der Waals surface area contributed by atoms with Gasteiger partial charge < -0.3 is 9.47 Å². The van der Waals surface area contributed by atoms with Crippen molar-refractivity contribution in [2.75, 3.05) is 26.3 Å². The van der Waals surface area contributed by atoms with E-state index in [0.29, 0.717) is 26.2 Å². The molecular weight excluding hydrogens is 378 g/mol. The number of para-hydroxylation sites is 1. The molecule has 2 heterocycles. The summed E-state index contributed by atoms with van der Waals surface area (Å²) in [6.07, 6.45) is 2.47. The number of hydrogen-bond donors (Lipinski definition) is 0. The summed E-state index contributed by atoms with van der Waals surface area (Å²) in [5, 5.41) is 4.66. The van der Waals surface area contributed by atoms with Crippen LogP contribution in [0.15, 0.2) is 30.3 Å². The Morgan fingerprint density at radius 3 is 2.63 bits per heavy atom. The summed E-state index contributed by atoms with van der Waals surface area (Å²) in [7, 11) is 0. The molecule has 6 heteroatoms. The minimum absolute atomic E-state index is 0.0935. The van der Waals surface area contributed by atoms with Crippen molar-refractivity contribution < 1.29 is 14.3 Å². The predicted molar refractivity (Wildman–Crippen MR) is 118 cm³/mol. The molecule has 6 nitrogen and oxygen atoms in total. The second-order valence-electron chi connectivity index (χ2n) is 8.19. The number of rotatable bonds is 9. The first kappa shape index (κ1) is 22.3. The predicted octanol–water partition coefficient (Wildman–Crippen LogP) is 4.13. The minimum Gasteiger partial charge on any atom is -0.494 e. The quantitative estimate of drug-likeness (QED) is 0.579. The Hall–Kier alpha value is -2.34. The van der Waals surface area contributed by atoms with Gasteiger partial charge in [0.1, 0.15) is 5.75 Å². The molecule has 0 radical (unpaired) electrons. The lowest BCUT2D eigenvalue weighted by molar-refractivity contribution is -0.160. The zero-order valence-corrected chi connectivity index (χ0v) is 18.8. The topological polar surface area (TPSA) is 56.6 Å².